The molecule has 0 amide bonds. The van der Waals surface area contributed by atoms with E-state index in [4.69, 9.17) is 17.0 Å². The summed E-state index contributed by atoms with van der Waals surface area (Å²) in [5.41, 5.74) is 2.43. The first-order valence-electron chi connectivity index (χ1n) is 7.49. The van der Waals surface area contributed by atoms with Gasteiger partial charge in [0, 0.05) is 17.0 Å². The molecule has 23 heavy (non-hydrogen) atoms. The molecule has 6 heteroatoms. The van der Waals surface area contributed by atoms with Crippen molar-refractivity contribution in [1.82, 2.24) is 5.32 Å². The van der Waals surface area contributed by atoms with Gasteiger partial charge in [0.05, 0.1) is 6.61 Å². The van der Waals surface area contributed by atoms with E-state index >= 15 is 0 Å². The molecule has 0 unspecified atom stereocenters. The van der Waals surface area contributed by atoms with Crippen molar-refractivity contribution in [3.8, 4) is 11.1 Å². The van der Waals surface area contributed by atoms with Crippen molar-refractivity contribution in [2.24, 2.45) is 0 Å². The van der Waals surface area contributed by atoms with Crippen molar-refractivity contribution in [2.45, 2.75) is 20.8 Å². The van der Waals surface area contributed by atoms with E-state index in [-0.39, 0.29) is 5.97 Å². The van der Waals surface area contributed by atoms with Gasteiger partial charge in [0.1, 0.15) is 10.6 Å². The van der Waals surface area contributed by atoms with Gasteiger partial charge in [0.15, 0.2) is 5.11 Å². The second-order valence-corrected chi connectivity index (χ2v) is 6.44. The van der Waals surface area contributed by atoms with Gasteiger partial charge in [-0.3, -0.25) is 0 Å². The normalized spacial score (nSPS) is 10.2. The molecule has 2 rings (SSSR count). The van der Waals surface area contributed by atoms with E-state index < -0.39 is 0 Å². The number of hydrogen-bond acceptors (Lipinski definition) is 4. The third-order valence-electron chi connectivity index (χ3n) is 3.19. The van der Waals surface area contributed by atoms with Crippen LogP contribution in [0.2, 0.25) is 0 Å². The van der Waals surface area contributed by atoms with Crippen LogP contribution in [-0.2, 0) is 4.74 Å². The predicted molar refractivity (Wildman–Crippen MR) is 100 cm³/mol. The lowest BCUT2D eigenvalue weighted by Crippen LogP contribution is -2.28. The van der Waals surface area contributed by atoms with Crippen molar-refractivity contribution in [3.05, 3.63) is 40.8 Å². The van der Waals surface area contributed by atoms with E-state index in [2.05, 4.69) is 10.6 Å². The Hall–Kier alpha value is -1.92. The van der Waals surface area contributed by atoms with Crippen LogP contribution < -0.4 is 10.6 Å². The van der Waals surface area contributed by atoms with Gasteiger partial charge in [-0.05, 0) is 38.6 Å². The number of ether oxygens (including phenoxy) is 1. The Balaban J connectivity index is 2.51. The summed E-state index contributed by atoms with van der Waals surface area (Å²) in [4.78, 5) is 13.5. The Kier molecular flexibility index (Phi) is 6.12. The maximum Gasteiger partial charge on any atom is 0.341 e. The zero-order valence-corrected chi connectivity index (χ0v) is 15.1. The van der Waals surface area contributed by atoms with Gasteiger partial charge in [-0.15, -0.1) is 11.3 Å². The molecule has 0 spiro atoms. The van der Waals surface area contributed by atoms with E-state index in [1.165, 1.54) is 11.3 Å². The molecule has 1 aromatic heterocycles. The van der Waals surface area contributed by atoms with Crippen LogP contribution in [0.1, 0.15) is 29.1 Å². The van der Waals surface area contributed by atoms with E-state index in [9.17, 15) is 4.79 Å². The van der Waals surface area contributed by atoms with Crippen LogP contribution in [0.15, 0.2) is 30.3 Å². The SMILES string of the molecule is CCNC(=S)Nc1sc(C)c(-c2ccccc2)c1C(=O)OCC. The number of thiophene rings is 1. The molecule has 0 bridgehead atoms. The molecular formula is C17H20N2O2S2. The first-order valence-corrected chi connectivity index (χ1v) is 8.71. The smallest absolute Gasteiger partial charge is 0.341 e. The molecule has 0 atom stereocenters. The number of rotatable bonds is 5. The van der Waals surface area contributed by atoms with Crippen molar-refractivity contribution in [2.75, 3.05) is 18.5 Å². The number of nitrogens with one attached hydrogen (secondary N) is 2. The third-order valence-corrected chi connectivity index (χ3v) is 4.46. The van der Waals surface area contributed by atoms with Crippen molar-refractivity contribution in [3.63, 3.8) is 0 Å². The minimum Gasteiger partial charge on any atom is -0.462 e. The summed E-state index contributed by atoms with van der Waals surface area (Å²) >= 11 is 6.75. The highest BCUT2D eigenvalue weighted by Crippen LogP contribution is 2.40. The number of aryl methyl sites for hydroxylation is 1. The maximum absolute atomic E-state index is 12.5. The summed E-state index contributed by atoms with van der Waals surface area (Å²) in [6.45, 7) is 6.82. The third kappa shape index (κ3) is 4.09. The summed E-state index contributed by atoms with van der Waals surface area (Å²) in [7, 11) is 0. The average Bonchev–Trinajstić information content (AvgIpc) is 2.84. The van der Waals surface area contributed by atoms with Gasteiger partial charge in [-0.1, -0.05) is 30.3 Å². The van der Waals surface area contributed by atoms with Crippen molar-refractivity contribution in [1.29, 1.82) is 0 Å². The Labute approximate surface area is 145 Å². The predicted octanol–water partition coefficient (Wildman–Crippen LogP) is 4.21. The minimum atomic E-state index is -0.336. The van der Waals surface area contributed by atoms with E-state index in [1.807, 2.05) is 44.2 Å². The largest absolute Gasteiger partial charge is 0.462 e. The summed E-state index contributed by atoms with van der Waals surface area (Å²) < 4.78 is 5.25. The number of carbonyl (C=O) groups excluding carboxylic acids is 1. The van der Waals surface area contributed by atoms with Gasteiger partial charge in [0.2, 0.25) is 0 Å². The summed E-state index contributed by atoms with van der Waals surface area (Å²) in [6.07, 6.45) is 0. The van der Waals surface area contributed by atoms with E-state index in [1.54, 1.807) is 6.92 Å². The number of esters is 1. The molecule has 1 heterocycles. The molecule has 0 saturated heterocycles. The molecule has 0 aliphatic carbocycles. The van der Waals surface area contributed by atoms with Crippen LogP contribution in [0.4, 0.5) is 5.00 Å². The van der Waals surface area contributed by atoms with Gasteiger partial charge in [-0.2, -0.15) is 0 Å². The molecule has 2 N–H and O–H groups in total. The lowest BCUT2D eigenvalue weighted by atomic mass is 10.0. The fourth-order valence-corrected chi connectivity index (χ4v) is 3.67. The Bertz CT molecular complexity index is 696. The quantitative estimate of drug-likeness (QED) is 0.626. The van der Waals surface area contributed by atoms with Crippen molar-refractivity contribution < 1.29 is 9.53 Å². The molecule has 0 saturated carbocycles. The van der Waals surface area contributed by atoms with Crippen LogP contribution in [0.25, 0.3) is 11.1 Å². The van der Waals surface area contributed by atoms with Gasteiger partial charge < -0.3 is 15.4 Å². The second-order valence-electron chi connectivity index (χ2n) is 4.81. The number of thiocarbonyl (C=S) groups is 1. The Morgan fingerprint density at radius 3 is 2.57 bits per heavy atom. The molecule has 0 aliphatic heterocycles. The number of anilines is 1. The van der Waals surface area contributed by atoms with Crippen LogP contribution in [0.5, 0.6) is 0 Å². The van der Waals surface area contributed by atoms with Crippen LogP contribution in [0, 0.1) is 6.92 Å². The number of hydrogen-bond donors (Lipinski definition) is 2. The summed E-state index contributed by atoms with van der Waals surface area (Å²) in [6, 6.07) is 9.85. The zero-order chi connectivity index (χ0) is 16.8. The molecule has 0 aliphatic rings. The monoisotopic (exact) mass is 348 g/mol. The van der Waals surface area contributed by atoms with E-state index in [0.29, 0.717) is 22.3 Å². The topological polar surface area (TPSA) is 50.4 Å². The molecule has 1 aromatic carbocycles. The second kappa shape index (κ2) is 8.08. The van der Waals surface area contributed by atoms with Crippen LogP contribution in [-0.4, -0.2) is 24.2 Å². The first kappa shape index (κ1) is 17.4. The first-order chi connectivity index (χ1) is 11.1. The average molecular weight is 348 g/mol. The lowest BCUT2D eigenvalue weighted by molar-refractivity contribution is 0.0529. The highest BCUT2D eigenvalue weighted by Gasteiger charge is 2.24. The van der Waals surface area contributed by atoms with Crippen molar-refractivity contribution >= 4 is 39.6 Å². The highest BCUT2D eigenvalue weighted by atomic mass is 32.1. The molecular weight excluding hydrogens is 328 g/mol. The van der Waals surface area contributed by atoms with Gasteiger partial charge >= 0.3 is 5.97 Å². The fourth-order valence-electron chi connectivity index (χ4n) is 2.29. The molecule has 4 nitrogen and oxygen atoms in total. The van der Waals surface area contributed by atoms with Crippen LogP contribution >= 0.6 is 23.6 Å². The van der Waals surface area contributed by atoms with Gasteiger partial charge in [-0.25, -0.2) is 4.79 Å². The lowest BCUT2D eigenvalue weighted by Gasteiger charge is -2.10. The zero-order valence-electron chi connectivity index (χ0n) is 13.4. The minimum absolute atomic E-state index is 0.332. The Morgan fingerprint density at radius 2 is 1.96 bits per heavy atom. The fraction of sp³-hybridized carbons (Fsp3) is 0.294. The standard InChI is InChI=1S/C17H20N2O2S2/c1-4-18-17(22)19-15-14(16(20)21-5-2)13(11(3)23-15)12-9-7-6-8-10-12/h6-10H,4-5H2,1-3H3,(H2,18,19,22). The van der Waals surface area contributed by atoms with E-state index in [0.717, 1.165) is 22.5 Å². The van der Waals surface area contributed by atoms with Crippen LogP contribution in [0.3, 0.4) is 0 Å². The molecule has 122 valence electrons. The Morgan fingerprint density at radius 1 is 1.26 bits per heavy atom. The summed E-state index contributed by atoms with van der Waals surface area (Å²) in [5.74, 6) is -0.336. The summed E-state index contributed by atoms with van der Waals surface area (Å²) in [5, 5.41) is 7.37. The maximum atomic E-state index is 12.5. The number of carbonyl (C=O) groups is 1. The molecule has 0 radical (unpaired) electrons. The molecule has 0 fully saturated rings. The highest BCUT2D eigenvalue weighted by molar-refractivity contribution is 7.80. The number of benzene rings is 1. The molecule has 2 aromatic rings. The van der Waals surface area contributed by atoms with Gasteiger partial charge in [0.25, 0.3) is 0 Å².